The van der Waals surface area contributed by atoms with E-state index in [9.17, 15) is 0 Å². The summed E-state index contributed by atoms with van der Waals surface area (Å²) in [6.07, 6.45) is 2.77. The smallest absolute Gasteiger partial charge is 0.113 e. The van der Waals surface area contributed by atoms with E-state index in [2.05, 4.69) is 11.3 Å². The Hall–Kier alpha value is -0.830. The standard InChI is InChI=1S/C6H7N2O/c1-2-7-8-3-4-9-5-6(1)8/h1H,3-5H2. The van der Waals surface area contributed by atoms with Crippen LogP contribution in [0.15, 0.2) is 6.07 Å². The molecule has 1 aromatic rings. The van der Waals surface area contributed by atoms with E-state index < -0.39 is 0 Å². The molecule has 0 saturated heterocycles. The summed E-state index contributed by atoms with van der Waals surface area (Å²) in [6.45, 7) is 2.35. The highest BCUT2D eigenvalue weighted by Gasteiger charge is 2.06. The summed E-state index contributed by atoms with van der Waals surface area (Å²) < 4.78 is 7.09. The number of hydrogen-bond acceptors (Lipinski definition) is 2. The molecule has 1 aliphatic heterocycles. The monoisotopic (exact) mass is 123 g/mol. The molecule has 3 heteroatoms. The molecule has 0 saturated carbocycles. The first-order valence-corrected chi connectivity index (χ1v) is 2.97. The molecular weight excluding hydrogens is 116 g/mol. The lowest BCUT2D eigenvalue weighted by Gasteiger charge is -2.12. The third-order valence-electron chi connectivity index (χ3n) is 1.44. The second kappa shape index (κ2) is 1.84. The summed E-state index contributed by atoms with van der Waals surface area (Å²) in [7, 11) is 0. The molecule has 0 spiro atoms. The van der Waals surface area contributed by atoms with Crippen LogP contribution in [0.3, 0.4) is 0 Å². The third-order valence-corrected chi connectivity index (χ3v) is 1.44. The predicted octanol–water partition coefficient (Wildman–Crippen LogP) is 0.213. The zero-order chi connectivity index (χ0) is 6.10. The van der Waals surface area contributed by atoms with Gasteiger partial charge in [0.2, 0.25) is 0 Å². The average Bonchev–Trinajstić information content (AvgIpc) is 2.33. The van der Waals surface area contributed by atoms with Crippen molar-refractivity contribution in [2.24, 2.45) is 0 Å². The van der Waals surface area contributed by atoms with Gasteiger partial charge in [0.15, 0.2) is 0 Å². The number of nitrogens with zero attached hydrogens (tertiary/aromatic N) is 2. The molecule has 0 unspecified atom stereocenters. The van der Waals surface area contributed by atoms with Gasteiger partial charge in [0.1, 0.15) is 6.20 Å². The fourth-order valence-electron chi connectivity index (χ4n) is 0.949. The Labute approximate surface area is 53.2 Å². The molecular formula is C6H7N2O. The van der Waals surface area contributed by atoms with E-state index in [-0.39, 0.29) is 0 Å². The van der Waals surface area contributed by atoms with Gasteiger partial charge >= 0.3 is 0 Å². The molecule has 1 aliphatic rings. The van der Waals surface area contributed by atoms with Crippen LogP contribution in [0.1, 0.15) is 5.69 Å². The van der Waals surface area contributed by atoms with Crippen molar-refractivity contribution in [3.63, 3.8) is 0 Å². The molecule has 1 radical (unpaired) electrons. The second-order valence-electron chi connectivity index (χ2n) is 2.04. The van der Waals surface area contributed by atoms with Crippen LogP contribution >= 0.6 is 0 Å². The maximum absolute atomic E-state index is 5.17. The van der Waals surface area contributed by atoms with Crippen molar-refractivity contribution in [1.82, 2.24) is 9.78 Å². The van der Waals surface area contributed by atoms with Gasteiger partial charge in [0.05, 0.1) is 25.5 Å². The minimum atomic E-state index is 0.691. The molecule has 1 aromatic heterocycles. The van der Waals surface area contributed by atoms with Gasteiger partial charge in [-0.25, -0.2) is 0 Å². The van der Waals surface area contributed by atoms with Crippen molar-refractivity contribution in [3.8, 4) is 0 Å². The lowest BCUT2D eigenvalue weighted by molar-refractivity contribution is 0.0800. The third kappa shape index (κ3) is 0.733. The van der Waals surface area contributed by atoms with Crippen molar-refractivity contribution in [3.05, 3.63) is 18.0 Å². The van der Waals surface area contributed by atoms with E-state index in [0.717, 1.165) is 18.8 Å². The van der Waals surface area contributed by atoms with Crippen molar-refractivity contribution in [2.75, 3.05) is 6.61 Å². The molecule has 9 heavy (non-hydrogen) atoms. The Balaban J connectivity index is 2.39. The van der Waals surface area contributed by atoms with Crippen molar-refractivity contribution in [2.45, 2.75) is 13.2 Å². The summed E-state index contributed by atoms with van der Waals surface area (Å²) in [5.74, 6) is 0. The average molecular weight is 123 g/mol. The van der Waals surface area contributed by atoms with Crippen LogP contribution in [0.25, 0.3) is 0 Å². The van der Waals surface area contributed by atoms with Gasteiger partial charge in [-0.2, -0.15) is 5.10 Å². The number of ether oxygens (including phenoxy) is 1. The number of fused-ring (bicyclic) bond motifs is 1. The largest absolute Gasteiger partial charge is 0.373 e. The molecule has 3 nitrogen and oxygen atoms in total. The summed E-state index contributed by atoms with van der Waals surface area (Å²) >= 11 is 0. The van der Waals surface area contributed by atoms with E-state index in [1.165, 1.54) is 0 Å². The van der Waals surface area contributed by atoms with Crippen molar-refractivity contribution in [1.29, 1.82) is 0 Å². The molecule has 0 fully saturated rings. The van der Waals surface area contributed by atoms with Crippen LogP contribution in [0.2, 0.25) is 0 Å². The molecule has 2 rings (SSSR count). The van der Waals surface area contributed by atoms with Gasteiger partial charge in [0.25, 0.3) is 0 Å². The van der Waals surface area contributed by atoms with Gasteiger partial charge in [-0.3, -0.25) is 4.68 Å². The lowest BCUT2D eigenvalue weighted by atomic mass is 10.4. The van der Waals surface area contributed by atoms with E-state index in [1.54, 1.807) is 0 Å². The first-order valence-electron chi connectivity index (χ1n) is 2.97. The van der Waals surface area contributed by atoms with E-state index in [1.807, 2.05) is 10.7 Å². The molecule has 0 aromatic carbocycles. The maximum Gasteiger partial charge on any atom is 0.113 e. The van der Waals surface area contributed by atoms with Crippen LogP contribution in [0.4, 0.5) is 0 Å². The van der Waals surface area contributed by atoms with Crippen LogP contribution < -0.4 is 0 Å². The van der Waals surface area contributed by atoms with E-state index in [0.29, 0.717) is 6.61 Å². The fourth-order valence-corrected chi connectivity index (χ4v) is 0.949. The van der Waals surface area contributed by atoms with Gasteiger partial charge < -0.3 is 4.74 Å². The maximum atomic E-state index is 5.17. The zero-order valence-electron chi connectivity index (χ0n) is 5.00. The highest BCUT2D eigenvalue weighted by molar-refractivity contribution is 4.98. The summed E-state index contributed by atoms with van der Waals surface area (Å²) in [5.41, 5.74) is 1.13. The Morgan fingerprint density at radius 2 is 2.78 bits per heavy atom. The Bertz CT molecular complexity index is 186. The summed E-state index contributed by atoms with van der Waals surface area (Å²) in [4.78, 5) is 0. The highest BCUT2D eigenvalue weighted by atomic mass is 16.5. The van der Waals surface area contributed by atoms with Gasteiger partial charge in [-0.05, 0) is 6.07 Å². The summed E-state index contributed by atoms with van der Waals surface area (Å²) in [6, 6.07) is 1.86. The van der Waals surface area contributed by atoms with Crippen LogP contribution in [0, 0.1) is 6.20 Å². The summed E-state index contributed by atoms with van der Waals surface area (Å²) in [5, 5.41) is 3.97. The SMILES string of the molecule is [c]1cc2n(n1)CCOC2. The van der Waals surface area contributed by atoms with Crippen LogP contribution in [0.5, 0.6) is 0 Å². The first-order chi connectivity index (χ1) is 4.47. The molecule has 0 atom stereocenters. The predicted molar refractivity (Wildman–Crippen MR) is 30.7 cm³/mol. The topological polar surface area (TPSA) is 27.1 Å². The normalized spacial score (nSPS) is 17.3. The molecule has 0 N–H and O–H groups in total. The Kier molecular flexibility index (Phi) is 1.02. The van der Waals surface area contributed by atoms with E-state index >= 15 is 0 Å². The zero-order valence-corrected chi connectivity index (χ0v) is 5.00. The molecule has 2 heterocycles. The molecule has 0 amide bonds. The van der Waals surface area contributed by atoms with Crippen molar-refractivity contribution < 1.29 is 4.74 Å². The van der Waals surface area contributed by atoms with Gasteiger partial charge in [-0.1, -0.05) is 0 Å². The number of rotatable bonds is 0. The highest BCUT2D eigenvalue weighted by Crippen LogP contribution is 2.05. The Morgan fingerprint density at radius 1 is 1.78 bits per heavy atom. The quantitative estimate of drug-likeness (QED) is 0.493. The number of hydrogen-bond donors (Lipinski definition) is 0. The van der Waals surface area contributed by atoms with Crippen LogP contribution in [-0.2, 0) is 17.9 Å². The van der Waals surface area contributed by atoms with E-state index in [4.69, 9.17) is 4.74 Å². The minimum absolute atomic E-state index is 0.691. The van der Waals surface area contributed by atoms with Crippen molar-refractivity contribution >= 4 is 0 Å². The van der Waals surface area contributed by atoms with Crippen LogP contribution in [-0.4, -0.2) is 16.4 Å². The second-order valence-corrected chi connectivity index (χ2v) is 2.04. The fraction of sp³-hybridized carbons (Fsp3) is 0.500. The lowest BCUT2D eigenvalue weighted by Crippen LogP contribution is -2.16. The van der Waals surface area contributed by atoms with Gasteiger partial charge in [-0.15, -0.1) is 0 Å². The molecule has 47 valence electrons. The van der Waals surface area contributed by atoms with Gasteiger partial charge in [0, 0.05) is 0 Å². The molecule has 0 aliphatic carbocycles. The minimum Gasteiger partial charge on any atom is -0.373 e. The first kappa shape index (κ1) is 4.99. The Morgan fingerprint density at radius 3 is 3.67 bits per heavy atom. The number of aromatic nitrogens is 2. The molecule has 0 bridgehead atoms.